The van der Waals surface area contributed by atoms with E-state index in [4.69, 9.17) is 4.74 Å². The average Bonchev–Trinajstić information content (AvgIpc) is 3.33. The Morgan fingerprint density at radius 2 is 2.21 bits per heavy atom. The minimum absolute atomic E-state index is 0.0430. The molecule has 3 heterocycles. The van der Waals surface area contributed by atoms with Gasteiger partial charge in [-0.15, -0.1) is 0 Å². The molecule has 0 bridgehead atoms. The summed E-state index contributed by atoms with van der Waals surface area (Å²) in [6.07, 6.45) is 1.79. The molecule has 1 aliphatic heterocycles. The van der Waals surface area contributed by atoms with Crippen LogP contribution in [0.25, 0.3) is 10.9 Å². The molecule has 8 nitrogen and oxygen atoms in total. The lowest BCUT2D eigenvalue weighted by Gasteiger charge is -2.25. The summed E-state index contributed by atoms with van der Waals surface area (Å²) in [5, 5.41) is 2.25. The van der Waals surface area contributed by atoms with Gasteiger partial charge in [0.15, 0.2) is 0 Å². The number of H-pyrrole nitrogens is 1. The normalized spacial score (nSPS) is 16.4. The number of aryl methyl sites for hydroxylation is 1. The van der Waals surface area contributed by atoms with E-state index in [1.807, 2.05) is 6.07 Å². The van der Waals surface area contributed by atoms with Crippen molar-refractivity contribution < 1.29 is 9.53 Å². The molecule has 0 aliphatic carbocycles. The smallest absolute Gasteiger partial charge is 0.307 e. The second-order valence-electron chi connectivity index (χ2n) is 7.17. The van der Waals surface area contributed by atoms with E-state index in [0.29, 0.717) is 29.9 Å². The summed E-state index contributed by atoms with van der Waals surface area (Å²) >= 11 is 1.08. The number of benzene rings is 1. The van der Waals surface area contributed by atoms with Crippen LogP contribution in [0.5, 0.6) is 0 Å². The van der Waals surface area contributed by atoms with Gasteiger partial charge in [-0.1, -0.05) is 23.5 Å². The van der Waals surface area contributed by atoms with Crippen LogP contribution in [0.2, 0.25) is 0 Å². The van der Waals surface area contributed by atoms with Gasteiger partial charge in [0.05, 0.1) is 23.6 Å². The van der Waals surface area contributed by atoms with Gasteiger partial charge in [0, 0.05) is 24.2 Å². The summed E-state index contributed by atoms with van der Waals surface area (Å²) in [6, 6.07) is 7.09. The highest BCUT2D eigenvalue weighted by Gasteiger charge is 2.24. The van der Waals surface area contributed by atoms with E-state index < -0.39 is 0 Å². The first kappa shape index (κ1) is 19.5. The maximum atomic E-state index is 13.1. The largest absolute Gasteiger partial charge is 0.376 e. The Balaban J connectivity index is 1.60. The molecule has 1 fully saturated rings. The first-order valence-corrected chi connectivity index (χ1v) is 10.4. The third-order valence-corrected chi connectivity index (χ3v) is 5.95. The molecule has 1 amide bonds. The molecule has 1 saturated heterocycles. The van der Waals surface area contributed by atoms with Gasteiger partial charge in [-0.2, -0.15) is 0 Å². The van der Waals surface area contributed by atoms with Crippen LogP contribution >= 0.6 is 11.3 Å². The number of amides is 1. The second-order valence-corrected chi connectivity index (χ2v) is 7.99. The van der Waals surface area contributed by atoms with Crippen molar-refractivity contribution in [3.8, 4) is 0 Å². The van der Waals surface area contributed by atoms with Crippen molar-refractivity contribution in [2.24, 2.45) is 0 Å². The minimum Gasteiger partial charge on any atom is -0.376 e. The fourth-order valence-electron chi connectivity index (χ4n) is 3.51. The van der Waals surface area contributed by atoms with Gasteiger partial charge in [0.2, 0.25) is 5.91 Å². The lowest BCUT2D eigenvalue weighted by atomic mass is 10.2. The van der Waals surface area contributed by atoms with Crippen molar-refractivity contribution in [3.05, 3.63) is 61.2 Å². The SMILES string of the molecule is Cc1csc(=O)n1CC(=O)N(Cc1nc2ccccc2c(=O)[nH]1)C[C@H]1CCCO1. The number of ether oxygens (including phenoxy) is 1. The number of para-hydroxylation sites is 1. The monoisotopic (exact) mass is 414 g/mol. The van der Waals surface area contributed by atoms with E-state index in [0.717, 1.165) is 29.9 Å². The Bertz CT molecular complexity index is 1140. The number of carbonyl (C=O) groups is 1. The zero-order valence-electron chi connectivity index (χ0n) is 16.1. The first-order chi connectivity index (χ1) is 14.0. The van der Waals surface area contributed by atoms with Gasteiger partial charge in [0.1, 0.15) is 12.4 Å². The number of carbonyl (C=O) groups excluding carboxylic acids is 1. The number of fused-ring (bicyclic) bond motifs is 1. The van der Waals surface area contributed by atoms with Gasteiger partial charge in [0.25, 0.3) is 5.56 Å². The molecule has 1 aromatic carbocycles. The van der Waals surface area contributed by atoms with Gasteiger partial charge in [-0.05, 0) is 31.9 Å². The van der Waals surface area contributed by atoms with Gasteiger partial charge in [-0.3, -0.25) is 19.0 Å². The van der Waals surface area contributed by atoms with Crippen molar-refractivity contribution in [1.29, 1.82) is 0 Å². The molecule has 0 spiro atoms. The predicted octanol–water partition coefficient (Wildman–Crippen LogP) is 1.66. The van der Waals surface area contributed by atoms with Gasteiger partial charge < -0.3 is 14.6 Å². The molecule has 0 unspecified atom stereocenters. The molecular formula is C20H22N4O4S. The molecule has 0 saturated carbocycles. The third-order valence-electron chi connectivity index (χ3n) is 5.07. The summed E-state index contributed by atoms with van der Waals surface area (Å²) < 4.78 is 7.16. The highest BCUT2D eigenvalue weighted by molar-refractivity contribution is 7.07. The summed E-state index contributed by atoms with van der Waals surface area (Å²) in [7, 11) is 0. The number of rotatable bonds is 6. The van der Waals surface area contributed by atoms with Crippen molar-refractivity contribution in [2.45, 2.75) is 39.0 Å². The number of thiazole rings is 1. The van der Waals surface area contributed by atoms with Crippen LogP contribution < -0.4 is 10.4 Å². The van der Waals surface area contributed by atoms with Crippen LogP contribution in [0, 0.1) is 6.92 Å². The van der Waals surface area contributed by atoms with Crippen LogP contribution in [0.4, 0.5) is 0 Å². The first-order valence-electron chi connectivity index (χ1n) is 9.53. The highest BCUT2D eigenvalue weighted by Crippen LogP contribution is 2.15. The van der Waals surface area contributed by atoms with E-state index in [-0.39, 0.29) is 35.5 Å². The zero-order valence-corrected chi connectivity index (χ0v) is 16.9. The molecule has 0 radical (unpaired) electrons. The Morgan fingerprint density at radius 1 is 1.38 bits per heavy atom. The third kappa shape index (κ3) is 4.30. The number of hydrogen-bond acceptors (Lipinski definition) is 6. The van der Waals surface area contributed by atoms with Crippen LogP contribution in [0.15, 0.2) is 39.2 Å². The lowest BCUT2D eigenvalue weighted by molar-refractivity contribution is -0.134. The Kier molecular flexibility index (Phi) is 5.59. The molecule has 9 heteroatoms. The molecule has 1 atom stereocenters. The number of nitrogens with zero attached hydrogens (tertiary/aromatic N) is 3. The summed E-state index contributed by atoms with van der Waals surface area (Å²) in [5.74, 6) is 0.203. The molecule has 1 N–H and O–H groups in total. The number of nitrogens with one attached hydrogen (secondary N) is 1. The Hall–Kier alpha value is -2.78. The summed E-state index contributed by atoms with van der Waals surface area (Å²) in [5.41, 5.74) is 1.10. The number of aromatic amines is 1. The predicted molar refractivity (Wildman–Crippen MR) is 110 cm³/mol. The number of aromatic nitrogens is 3. The summed E-state index contributed by atoms with van der Waals surface area (Å²) in [6.45, 7) is 2.99. The summed E-state index contributed by atoms with van der Waals surface area (Å²) in [4.78, 5) is 46.2. The zero-order chi connectivity index (χ0) is 20.4. The number of hydrogen-bond donors (Lipinski definition) is 1. The topological polar surface area (TPSA) is 97.3 Å². The van der Waals surface area contributed by atoms with E-state index in [2.05, 4.69) is 9.97 Å². The maximum Gasteiger partial charge on any atom is 0.307 e. The molecule has 2 aromatic heterocycles. The second kappa shape index (κ2) is 8.30. The fourth-order valence-corrected chi connectivity index (χ4v) is 4.25. The van der Waals surface area contributed by atoms with Crippen LogP contribution in [-0.4, -0.2) is 44.6 Å². The van der Waals surface area contributed by atoms with E-state index in [1.165, 1.54) is 4.57 Å². The lowest BCUT2D eigenvalue weighted by Crippen LogP contribution is -2.40. The fraction of sp³-hybridized carbons (Fsp3) is 0.400. The van der Waals surface area contributed by atoms with Gasteiger partial charge in [-0.25, -0.2) is 4.98 Å². The van der Waals surface area contributed by atoms with E-state index >= 15 is 0 Å². The standard InChI is InChI=1S/C20H22N4O4S/c1-13-12-29-20(27)24(13)11-18(25)23(9-14-5-4-8-28-14)10-17-21-16-7-3-2-6-15(16)19(26)22-17/h2-3,6-7,12,14H,4-5,8-11H2,1H3,(H,21,22,26)/t14-/m1/s1. The molecule has 4 rings (SSSR count). The van der Waals surface area contributed by atoms with Crippen LogP contribution in [0.1, 0.15) is 24.4 Å². The van der Waals surface area contributed by atoms with Crippen molar-refractivity contribution >= 4 is 28.1 Å². The quantitative estimate of drug-likeness (QED) is 0.662. The van der Waals surface area contributed by atoms with Crippen LogP contribution in [0.3, 0.4) is 0 Å². The van der Waals surface area contributed by atoms with Gasteiger partial charge >= 0.3 is 4.87 Å². The highest BCUT2D eigenvalue weighted by atomic mass is 32.1. The molecule has 3 aromatic rings. The molecular weight excluding hydrogens is 392 g/mol. The molecule has 29 heavy (non-hydrogen) atoms. The van der Waals surface area contributed by atoms with Crippen LogP contribution in [-0.2, 0) is 22.6 Å². The Labute approximate surface area is 170 Å². The maximum absolute atomic E-state index is 13.1. The molecule has 152 valence electrons. The van der Waals surface area contributed by atoms with Crippen molar-refractivity contribution in [3.63, 3.8) is 0 Å². The van der Waals surface area contributed by atoms with Crippen molar-refractivity contribution in [2.75, 3.05) is 13.2 Å². The minimum atomic E-state index is -0.236. The van der Waals surface area contributed by atoms with Crippen molar-refractivity contribution in [1.82, 2.24) is 19.4 Å². The van der Waals surface area contributed by atoms with E-state index in [1.54, 1.807) is 35.4 Å². The van der Waals surface area contributed by atoms with E-state index in [9.17, 15) is 14.4 Å². The average molecular weight is 414 g/mol. The Morgan fingerprint density at radius 3 is 2.93 bits per heavy atom. The molecule has 1 aliphatic rings.